The molecule has 0 unspecified atom stereocenters. The van der Waals surface area contributed by atoms with Gasteiger partial charge in [-0.1, -0.05) is 13.8 Å². The van der Waals surface area contributed by atoms with Crippen molar-refractivity contribution in [3.8, 4) is 0 Å². The molecule has 0 N–H and O–H groups in total. The van der Waals surface area contributed by atoms with Crippen molar-refractivity contribution in [3.05, 3.63) is 27.1 Å². The molecule has 6 heteroatoms. The van der Waals surface area contributed by atoms with Crippen LogP contribution in [0.15, 0.2) is 11.1 Å². The first-order valence-electron chi connectivity index (χ1n) is 8.17. The van der Waals surface area contributed by atoms with Crippen LogP contribution in [-0.4, -0.2) is 32.9 Å². The number of likely N-dealkylation sites (tertiary alicyclic amines) is 1. The molecule has 0 radical (unpaired) electrons. The van der Waals surface area contributed by atoms with Crippen molar-refractivity contribution in [3.63, 3.8) is 0 Å². The predicted octanol–water partition coefficient (Wildman–Crippen LogP) is 2.95. The minimum atomic E-state index is -0.0816. The number of rotatable bonds is 2. The molecule has 1 atom stereocenters. The second-order valence-electron chi connectivity index (χ2n) is 6.70. The Balaban J connectivity index is 2.06. The maximum absolute atomic E-state index is 13.1. The highest BCUT2D eigenvalue weighted by Crippen LogP contribution is 2.31. The lowest BCUT2D eigenvalue weighted by Gasteiger charge is -2.38. The monoisotopic (exact) mass is 333 g/mol. The Morgan fingerprint density at radius 2 is 2.13 bits per heavy atom. The number of aryl methyl sites for hydroxylation is 2. The third-order valence-electron chi connectivity index (χ3n) is 4.78. The van der Waals surface area contributed by atoms with Gasteiger partial charge in [0.25, 0.3) is 11.5 Å². The van der Waals surface area contributed by atoms with Crippen molar-refractivity contribution in [1.29, 1.82) is 0 Å². The van der Waals surface area contributed by atoms with E-state index in [0.29, 0.717) is 21.0 Å². The molecule has 23 heavy (non-hydrogen) atoms. The first-order valence-corrected chi connectivity index (χ1v) is 8.99. The summed E-state index contributed by atoms with van der Waals surface area (Å²) in [4.78, 5) is 33.1. The maximum Gasteiger partial charge on any atom is 0.264 e. The Bertz CT molecular complexity index is 806. The van der Waals surface area contributed by atoms with Crippen LogP contribution >= 0.6 is 11.3 Å². The van der Waals surface area contributed by atoms with Gasteiger partial charge in [0.15, 0.2) is 0 Å². The zero-order valence-electron chi connectivity index (χ0n) is 14.1. The molecular formula is C17H23N3O2S. The van der Waals surface area contributed by atoms with E-state index in [1.54, 1.807) is 7.05 Å². The van der Waals surface area contributed by atoms with Gasteiger partial charge in [-0.15, -0.1) is 11.3 Å². The van der Waals surface area contributed by atoms with E-state index < -0.39 is 0 Å². The van der Waals surface area contributed by atoms with E-state index in [1.807, 2.05) is 11.8 Å². The number of piperidine rings is 1. The van der Waals surface area contributed by atoms with E-state index in [4.69, 9.17) is 0 Å². The van der Waals surface area contributed by atoms with Gasteiger partial charge in [0.1, 0.15) is 4.83 Å². The largest absolute Gasteiger partial charge is 0.335 e. The fraction of sp³-hybridized carbons (Fsp3) is 0.588. The van der Waals surface area contributed by atoms with E-state index >= 15 is 0 Å². The van der Waals surface area contributed by atoms with Crippen molar-refractivity contribution in [2.75, 3.05) is 6.54 Å². The molecule has 3 heterocycles. The summed E-state index contributed by atoms with van der Waals surface area (Å²) in [6.07, 6.45) is 4.82. The number of aromatic nitrogens is 2. The van der Waals surface area contributed by atoms with Crippen LogP contribution in [0.5, 0.6) is 0 Å². The van der Waals surface area contributed by atoms with Crippen molar-refractivity contribution >= 4 is 27.5 Å². The van der Waals surface area contributed by atoms with Crippen LogP contribution in [0.3, 0.4) is 0 Å². The van der Waals surface area contributed by atoms with E-state index in [1.165, 1.54) is 28.7 Å². The smallest absolute Gasteiger partial charge is 0.264 e. The van der Waals surface area contributed by atoms with Gasteiger partial charge in [-0.3, -0.25) is 9.59 Å². The molecule has 0 saturated carbocycles. The number of hydrogen-bond donors (Lipinski definition) is 0. The molecule has 2 aromatic rings. The Morgan fingerprint density at radius 1 is 1.39 bits per heavy atom. The Labute approximate surface area is 139 Å². The van der Waals surface area contributed by atoms with Gasteiger partial charge in [-0.05, 0) is 37.7 Å². The highest BCUT2D eigenvalue weighted by molar-refractivity contribution is 7.20. The lowest BCUT2D eigenvalue weighted by Crippen LogP contribution is -2.46. The Hall–Kier alpha value is -1.69. The minimum absolute atomic E-state index is 0.0611. The van der Waals surface area contributed by atoms with Crippen LogP contribution in [0.4, 0.5) is 0 Å². The first-order chi connectivity index (χ1) is 10.9. The van der Waals surface area contributed by atoms with Gasteiger partial charge in [0, 0.05) is 19.6 Å². The summed E-state index contributed by atoms with van der Waals surface area (Å²) in [5.41, 5.74) is 0.693. The summed E-state index contributed by atoms with van der Waals surface area (Å²) in [5, 5.41) is 0.585. The second-order valence-corrected chi connectivity index (χ2v) is 7.70. The molecule has 124 valence electrons. The topological polar surface area (TPSA) is 55.2 Å². The van der Waals surface area contributed by atoms with Crippen LogP contribution in [-0.2, 0) is 7.05 Å². The SMILES string of the molecule is Cc1c(C(=O)N2CCCC[C@@H]2C(C)C)sc2ncn(C)c(=O)c12. The molecule has 5 nitrogen and oxygen atoms in total. The van der Waals surface area contributed by atoms with Crippen LogP contribution < -0.4 is 5.56 Å². The van der Waals surface area contributed by atoms with Crippen LogP contribution in [0, 0.1) is 12.8 Å². The van der Waals surface area contributed by atoms with E-state index in [-0.39, 0.29) is 17.5 Å². The number of carbonyl (C=O) groups excluding carboxylic acids is 1. The van der Waals surface area contributed by atoms with Crippen LogP contribution in [0.25, 0.3) is 10.2 Å². The molecule has 0 aliphatic carbocycles. The van der Waals surface area contributed by atoms with Gasteiger partial charge in [0.2, 0.25) is 0 Å². The van der Waals surface area contributed by atoms with Gasteiger partial charge in [0.05, 0.1) is 16.6 Å². The summed E-state index contributed by atoms with van der Waals surface area (Å²) in [7, 11) is 1.69. The zero-order chi connectivity index (χ0) is 16.7. The Kier molecular flexibility index (Phi) is 4.27. The summed E-state index contributed by atoms with van der Waals surface area (Å²) in [6.45, 7) is 7.01. The third-order valence-corrected chi connectivity index (χ3v) is 5.97. The lowest BCUT2D eigenvalue weighted by molar-refractivity contribution is 0.0547. The first kappa shape index (κ1) is 16.2. The van der Waals surface area contributed by atoms with Crippen molar-refractivity contribution in [2.45, 2.75) is 46.1 Å². The van der Waals surface area contributed by atoms with E-state index in [2.05, 4.69) is 18.8 Å². The predicted molar refractivity (Wildman–Crippen MR) is 93.1 cm³/mol. The minimum Gasteiger partial charge on any atom is -0.335 e. The lowest BCUT2D eigenvalue weighted by atomic mass is 9.92. The van der Waals surface area contributed by atoms with Gasteiger partial charge in [-0.25, -0.2) is 4.98 Å². The molecule has 0 bridgehead atoms. The average Bonchev–Trinajstić information content (AvgIpc) is 2.87. The Morgan fingerprint density at radius 3 is 2.83 bits per heavy atom. The molecule has 1 aliphatic rings. The van der Waals surface area contributed by atoms with Gasteiger partial charge >= 0.3 is 0 Å². The number of carbonyl (C=O) groups is 1. The number of thiophene rings is 1. The highest BCUT2D eigenvalue weighted by Gasteiger charge is 2.31. The van der Waals surface area contributed by atoms with Gasteiger partial charge < -0.3 is 9.47 Å². The zero-order valence-corrected chi connectivity index (χ0v) is 14.9. The fourth-order valence-corrected chi connectivity index (χ4v) is 4.54. The van der Waals surface area contributed by atoms with Gasteiger partial charge in [-0.2, -0.15) is 0 Å². The van der Waals surface area contributed by atoms with Crippen molar-refractivity contribution in [2.24, 2.45) is 13.0 Å². The highest BCUT2D eigenvalue weighted by atomic mass is 32.1. The normalized spacial score (nSPS) is 18.8. The van der Waals surface area contributed by atoms with E-state index in [0.717, 1.165) is 24.9 Å². The molecule has 2 aromatic heterocycles. The number of fused-ring (bicyclic) bond motifs is 1. The maximum atomic E-state index is 13.1. The summed E-state index contributed by atoms with van der Waals surface area (Å²) < 4.78 is 1.47. The number of amides is 1. The number of nitrogens with zero attached hydrogens (tertiary/aromatic N) is 3. The number of hydrogen-bond acceptors (Lipinski definition) is 4. The third kappa shape index (κ3) is 2.69. The van der Waals surface area contributed by atoms with Crippen molar-refractivity contribution < 1.29 is 4.79 Å². The molecule has 1 fully saturated rings. The summed E-state index contributed by atoms with van der Waals surface area (Å²) >= 11 is 1.35. The molecular weight excluding hydrogens is 310 g/mol. The van der Waals surface area contributed by atoms with Crippen LogP contribution in [0.2, 0.25) is 0 Å². The molecule has 0 spiro atoms. The summed E-state index contributed by atoms with van der Waals surface area (Å²) in [5.74, 6) is 0.505. The molecule has 1 saturated heterocycles. The molecule has 3 rings (SSSR count). The van der Waals surface area contributed by atoms with E-state index in [9.17, 15) is 9.59 Å². The fourth-order valence-electron chi connectivity index (χ4n) is 3.45. The molecule has 1 aliphatic heterocycles. The second kappa shape index (κ2) is 6.07. The molecule has 0 aromatic carbocycles. The molecule has 1 amide bonds. The standard InChI is InChI=1S/C17H23N3O2S/c1-10(2)12-7-5-6-8-20(12)17(22)14-11(3)13-15(23-14)18-9-19(4)16(13)21/h9-10,12H,5-8H2,1-4H3/t12-/m1/s1. The average molecular weight is 333 g/mol. The van der Waals surface area contributed by atoms with Crippen molar-refractivity contribution in [1.82, 2.24) is 14.5 Å². The summed E-state index contributed by atoms with van der Waals surface area (Å²) in [6, 6.07) is 0.289. The quantitative estimate of drug-likeness (QED) is 0.849. The van der Waals surface area contributed by atoms with Crippen LogP contribution in [0.1, 0.15) is 48.3 Å².